The third kappa shape index (κ3) is 3.09. The summed E-state index contributed by atoms with van der Waals surface area (Å²) in [4.78, 5) is 1.70. The van der Waals surface area contributed by atoms with Gasteiger partial charge in [-0.2, -0.15) is 4.80 Å². The van der Waals surface area contributed by atoms with Gasteiger partial charge in [-0.1, -0.05) is 40.5 Å². The summed E-state index contributed by atoms with van der Waals surface area (Å²) in [5, 5.41) is 12.4. The molecule has 80 valence electrons. The van der Waals surface area contributed by atoms with Crippen LogP contribution in [0.3, 0.4) is 0 Å². The van der Waals surface area contributed by atoms with Crippen LogP contribution in [0.15, 0.2) is 0 Å². The summed E-state index contributed by atoms with van der Waals surface area (Å²) in [6.07, 6.45) is 3.59. The molecule has 0 spiro atoms. The molecule has 4 nitrogen and oxygen atoms in total. The molecule has 1 rings (SSSR count). The summed E-state index contributed by atoms with van der Waals surface area (Å²) in [5.41, 5.74) is 0.00298. The Morgan fingerprint density at radius 1 is 1.21 bits per heavy atom. The maximum absolute atomic E-state index is 4.35. The van der Waals surface area contributed by atoms with Crippen molar-refractivity contribution in [2.45, 2.75) is 58.9 Å². The zero-order valence-electron chi connectivity index (χ0n) is 9.62. The first-order valence-electron chi connectivity index (χ1n) is 5.32. The molecule has 4 heteroatoms. The number of tetrazole rings is 1. The van der Waals surface area contributed by atoms with E-state index in [0.717, 1.165) is 18.8 Å². The van der Waals surface area contributed by atoms with Crippen LogP contribution in [-0.2, 0) is 12.0 Å². The van der Waals surface area contributed by atoms with E-state index in [1.807, 2.05) is 0 Å². The van der Waals surface area contributed by atoms with E-state index in [-0.39, 0.29) is 5.41 Å². The Bertz CT molecular complexity index is 272. The highest BCUT2D eigenvalue weighted by atomic mass is 15.6. The van der Waals surface area contributed by atoms with Gasteiger partial charge < -0.3 is 0 Å². The fraction of sp³-hybridized carbons (Fsp3) is 0.900. The van der Waals surface area contributed by atoms with Crippen molar-refractivity contribution in [3.63, 3.8) is 0 Å². The summed E-state index contributed by atoms with van der Waals surface area (Å²) in [5.74, 6) is 0.828. The second kappa shape index (κ2) is 4.53. The summed E-state index contributed by atoms with van der Waals surface area (Å²) < 4.78 is 0. The highest BCUT2D eigenvalue weighted by Crippen LogP contribution is 2.16. The van der Waals surface area contributed by atoms with Gasteiger partial charge in [0.05, 0.1) is 6.54 Å². The molecule has 0 aliphatic carbocycles. The zero-order chi connectivity index (χ0) is 10.6. The second-order valence-electron chi connectivity index (χ2n) is 4.67. The average Bonchev–Trinajstić information content (AvgIpc) is 2.52. The molecule has 1 heterocycles. The Balaban J connectivity index is 2.51. The Labute approximate surface area is 85.7 Å². The maximum Gasteiger partial charge on any atom is 0.180 e. The van der Waals surface area contributed by atoms with Gasteiger partial charge in [-0.25, -0.2) is 0 Å². The van der Waals surface area contributed by atoms with E-state index in [4.69, 9.17) is 0 Å². The van der Waals surface area contributed by atoms with Crippen molar-refractivity contribution in [1.82, 2.24) is 20.2 Å². The van der Waals surface area contributed by atoms with E-state index >= 15 is 0 Å². The fourth-order valence-corrected chi connectivity index (χ4v) is 1.14. The molecule has 0 bridgehead atoms. The van der Waals surface area contributed by atoms with E-state index in [0.29, 0.717) is 0 Å². The summed E-state index contributed by atoms with van der Waals surface area (Å²) >= 11 is 0. The molecule has 0 fully saturated rings. The van der Waals surface area contributed by atoms with Crippen LogP contribution in [0.2, 0.25) is 0 Å². The lowest BCUT2D eigenvalue weighted by Crippen LogP contribution is -2.14. The minimum atomic E-state index is 0.00298. The predicted molar refractivity (Wildman–Crippen MR) is 56.0 cm³/mol. The van der Waals surface area contributed by atoms with Crippen molar-refractivity contribution in [2.75, 3.05) is 0 Å². The largest absolute Gasteiger partial charge is 0.180 e. The number of hydrogen-bond acceptors (Lipinski definition) is 3. The summed E-state index contributed by atoms with van der Waals surface area (Å²) in [7, 11) is 0. The number of rotatable bonds is 4. The molecule has 0 radical (unpaired) electrons. The van der Waals surface area contributed by atoms with E-state index in [2.05, 4.69) is 43.1 Å². The lowest BCUT2D eigenvalue weighted by Gasteiger charge is -2.11. The predicted octanol–water partition coefficient (Wildman–Crippen LogP) is 2.16. The molecule has 0 unspecified atom stereocenters. The van der Waals surface area contributed by atoms with E-state index < -0.39 is 0 Å². The van der Waals surface area contributed by atoms with Crippen molar-refractivity contribution in [1.29, 1.82) is 0 Å². The van der Waals surface area contributed by atoms with Crippen LogP contribution in [0.5, 0.6) is 0 Å². The van der Waals surface area contributed by atoms with Crippen LogP contribution in [0, 0.1) is 0 Å². The molecule has 0 aromatic carbocycles. The van der Waals surface area contributed by atoms with E-state index in [1.54, 1.807) is 4.80 Å². The minimum Gasteiger partial charge on any atom is -0.164 e. The topological polar surface area (TPSA) is 43.6 Å². The maximum atomic E-state index is 4.35. The van der Waals surface area contributed by atoms with Crippen LogP contribution >= 0.6 is 0 Å². The van der Waals surface area contributed by atoms with Crippen molar-refractivity contribution in [2.24, 2.45) is 0 Å². The van der Waals surface area contributed by atoms with Gasteiger partial charge in [0, 0.05) is 5.41 Å². The number of aryl methyl sites for hydroxylation is 1. The molecule has 0 aliphatic rings. The highest BCUT2D eigenvalue weighted by Gasteiger charge is 2.19. The number of unbranched alkanes of at least 4 members (excludes halogenated alkanes) is 2. The van der Waals surface area contributed by atoms with Crippen LogP contribution < -0.4 is 0 Å². The first-order valence-corrected chi connectivity index (χ1v) is 5.32. The van der Waals surface area contributed by atoms with Gasteiger partial charge in [0.15, 0.2) is 5.82 Å². The smallest absolute Gasteiger partial charge is 0.164 e. The minimum absolute atomic E-state index is 0.00298. The first-order chi connectivity index (χ1) is 6.54. The van der Waals surface area contributed by atoms with Crippen molar-refractivity contribution >= 4 is 0 Å². The molecule has 0 N–H and O–H groups in total. The quantitative estimate of drug-likeness (QED) is 0.693. The Kier molecular flexibility index (Phi) is 3.61. The Morgan fingerprint density at radius 2 is 1.93 bits per heavy atom. The Morgan fingerprint density at radius 3 is 2.43 bits per heavy atom. The SMILES string of the molecule is CCCCCn1nnc(C(C)(C)C)n1. The molecule has 0 saturated carbocycles. The van der Waals surface area contributed by atoms with Crippen LogP contribution in [0.4, 0.5) is 0 Å². The molecule has 1 aromatic rings. The lowest BCUT2D eigenvalue weighted by molar-refractivity contribution is 0.476. The first kappa shape index (κ1) is 11.1. The second-order valence-corrected chi connectivity index (χ2v) is 4.67. The monoisotopic (exact) mass is 196 g/mol. The van der Waals surface area contributed by atoms with Crippen molar-refractivity contribution < 1.29 is 0 Å². The third-order valence-electron chi connectivity index (χ3n) is 2.09. The molecule has 1 aromatic heterocycles. The number of aromatic nitrogens is 4. The fourth-order valence-electron chi connectivity index (χ4n) is 1.14. The Hall–Kier alpha value is -0.930. The molecule has 0 aliphatic heterocycles. The normalized spacial score (nSPS) is 12.0. The van der Waals surface area contributed by atoms with Gasteiger partial charge in [0.2, 0.25) is 0 Å². The number of nitrogens with zero attached hydrogens (tertiary/aromatic N) is 4. The standard InChI is InChI=1S/C10H20N4/c1-5-6-7-8-14-12-9(11-13-14)10(2,3)4/h5-8H2,1-4H3. The van der Waals surface area contributed by atoms with Crippen LogP contribution in [0.1, 0.15) is 52.8 Å². The molecule has 0 atom stereocenters. The van der Waals surface area contributed by atoms with E-state index in [1.165, 1.54) is 12.8 Å². The average molecular weight is 196 g/mol. The highest BCUT2D eigenvalue weighted by molar-refractivity contribution is 4.95. The summed E-state index contributed by atoms with van der Waals surface area (Å²) in [6, 6.07) is 0. The molecule has 0 amide bonds. The summed E-state index contributed by atoms with van der Waals surface area (Å²) in [6.45, 7) is 9.37. The van der Waals surface area contributed by atoms with Crippen molar-refractivity contribution in [3.8, 4) is 0 Å². The van der Waals surface area contributed by atoms with Gasteiger partial charge >= 0.3 is 0 Å². The lowest BCUT2D eigenvalue weighted by atomic mass is 9.96. The van der Waals surface area contributed by atoms with Crippen LogP contribution in [0.25, 0.3) is 0 Å². The zero-order valence-corrected chi connectivity index (χ0v) is 9.62. The van der Waals surface area contributed by atoms with Gasteiger partial charge in [-0.05, 0) is 11.6 Å². The van der Waals surface area contributed by atoms with Crippen molar-refractivity contribution in [3.05, 3.63) is 5.82 Å². The van der Waals surface area contributed by atoms with Gasteiger partial charge in [-0.3, -0.25) is 0 Å². The molecular weight excluding hydrogens is 176 g/mol. The van der Waals surface area contributed by atoms with Gasteiger partial charge in [-0.15, -0.1) is 10.2 Å². The molecule has 14 heavy (non-hydrogen) atoms. The van der Waals surface area contributed by atoms with E-state index in [9.17, 15) is 0 Å². The van der Waals surface area contributed by atoms with Crippen LogP contribution in [-0.4, -0.2) is 20.2 Å². The number of hydrogen-bond donors (Lipinski definition) is 0. The molecular formula is C10H20N4. The molecule has 0 saturated heterocycles. The third-order valence-corrected chi connectivity index (χ3v) is 2.09. The van der Waals surface area contributed by atoms with Gasteiger partial charge in [0.1, 0.15) is 0 Å². The van der Waals surface area contributed by atoms with Gasteiger partial charge in [0.25, 0.3) is 0 Å².